The molecular weight excluding hydrogens is 512 g/mol. The Kier molecular flexibility index (Phi) is 8.59. The molecule has 2 amide bonds. The molecule has 0 unspecified atom stereocenters. The van der Waals surface area contributed by atoms with Crippen LogP contribution < -0.4 is 19.7 Å². The van der Waals surface area contributed by atoms with Crippen molar-refractivity contribution in [3.8, 4) is 22.8 Å². The number of aromatic nitrogens is 2. The quantitative estimate of drug-likeness (QED) is 0.412. The second kappa shape index (κ2) is 11.7. The summed E-state index contributed by atoms with van der Waals surface area (Å²) < 4.78 is 13.2. The first-order chi connectivity index (χ1) is 18.5. The second-order valence-corrected chi connectivity index (χ2v) is 12.1. The summed E-state index contributed by atoms with van der Waals surface area (Å²) >= 11 is 1.51. The van der Waals surface area contributed by atoms with Crippen molar-refractivity contribution in [1.29, 1.82) is 0 Å². The third-order valence-corrected chi connectivity index (χ3v) is 7.74. The van der Waals surface area contributed by atoms with E-state index in [1.807, 2.05) is 67.1 Å². The lowest BCUT2D eigenvalue weighted by molar-refractivity contribution is -0.123. The van der Waals surface area contributed by atoms with Crippen molar-refractivity contribution >= 4 is 29.4 Å². The van der Waals surface area contributed by atoms with Crippen LogP contribution in [0.2, 0.25) is 0 Å². The summed E-state index contributed by atoms with van der Waals surface area (Å²) in [7, 11) is 3.27. The third-order valence-electron chi connectivity index (χ3n) is 6.50. The summed E-state index contributed by atoms with van der Waals surface area (Å²) in [4.78, 5) is 28.4. The van der Waals surface area contributed by atoms with Gasteiger partial charge in [-0.3, -0.25) is 14.5 Å². The van der Waals surface area contributed by atoms with Crippen LogP contribution in [0.1, 0.15) is 51.0 Å². The molecule has 0 saturated heterocycles. The van der Waals surface area contributed by atoms with Crippen LogP contribution in [0, 0.1) is 5.92 Å². The molecule has 0 radical (unpaired) electrons. The predicted octanol–water partition coefficient (Wildman–Crippen LogP) is 5.26. The van der Waals surface area contributed by atoms with E-state index in [4.69, 9.17) is 14.6 Å². The number of anilines is 1. The van der Waals surface area contributed by atoms with Crippen LogP contribution in [-0.4, -0.2) is 54.7 Å². The highest BCUT2D eigenvalue weighted by molar-refractivity contribution is 8.00. The van der Waals surface area contributed by atoms with Gasteiger partial charge in [-0.1, -0.05) is 44.2 Å². The van der Waals surface area contributed by atoms with Gasteiger partial charge in [0.2, 0.25) is 11.8 Å². The number of carbonyl (C=O) groups excluding carboxylic acids is 2. The van der Waals surface area contributed by atoms with Crippen LogP contribution in [-0.2, 0) is 15.1 Å². The minimum atomic E-state index is -0.470. The molecule has 1 atom stereocenters. The van der Waals surface area contributed by atoms with E-state index in [0.29, 0.717) is 29.8 Å². The topological polar surface area (TPSA) is 85.7 Å². The molecule has 0 aliphatic carbocycles. The summed E-state index contributed by atoms with van der Waals surface area (Å²) in [6.07, 6.45) is 0. The van der Waals surface area contributed by atoms with Crippen LogP contribution in [0.15, 0.2) is 48.5 Å². The van der Waals surface area contributed by atoms with Gasteiger partial charge >= 0.3 is 0 Å². The number of ether oxygens (including phenoxy) is 2. The van der Waals surface area contributed by atoms with Crippen molar-refractivity contribution in [1.82, 2.24) is 15.1 Å². The molecule has 3 aromatic rings. The minimum Gasteiger partial charge on any atom is -0.497 e. The van der Waals surface area contributed by atoms with Gasteiger partial charge in [0.25, 0.3) is 0 Å². The molecule has 2 heterocycles. The van der Waals surface area contributed by atoms with Gasteiger partial charge in [0.1, 0.15) is 23.9 Å². The van der Waals surface area contributed by atoms with Gasteiger partial charge in [-0.2, -0.15) is 5.10 Å². The van der Waals surface area contributed by atoms with Crippen molar-refractivity contribution in [2.45, 2.75) is 45.4 Å². The van der Waals surface area contributed by atoms with E-state index in [-0.39, 0.29) is 29.4 Å². The molecule has 0 spiro atoms. The first-order valence-electron chi connectivity index (χ1n) is 13.1. The predicted molar refractivity (Wildman–Crippen MR) is 157 cm³/mol. The van der Waals surface area contributed by atoms with E-state index in [1.165, 1.54) is 11.8 Å². The molecular formula is C30H38N4O4S. The first-order valence-corrected chi connectivity index (χ1v) is 14.2. The second-order valence-electron chi connectivity index (χ2n) is 11.0. The first kappa shape index (κ1) is 28.5. The maximum absolute atomic E-state index is 13.8. The van der Waals surface area contributed by atoms with Crippen molar-refractivity contribution in [2.75, 3.05) is 38.0 Å². The zero-order valence-electron chi connectivity index (χ0n) is 23.8. The molecule has 9 heteroatoms. The summed E-state index contributed by atoms with van der Waals surface area (Å²) in [5.74, 6) is 2.16. The lowest BCUT2D eigenvalue weighted by atomic mass is 9.98. The number of carbonyl (C=O) groups is 2. The van der Waals surface area contributed by atoms with Crippen LogP contribution in [0.25, 0.3) is 11.3 Å². The van der Waals surface area contributed by atoms with Crippen molar-refractivity contribution in [3.63, 3.8) is 0 Å². The molecule has 0 bridgehead atoms. The van der Waals surface area contributed by atoms with E-state index in [0.717, 1.165) is 22.4 Å². The standard InChI is InChI=1S/C30H38N4O4S/c1-19(2)16-31-24(35)17-33-25(36)18-39-28(22-15-21(37-6)13-14-23(22)38-7)26-27(20-11-9-8-10-12-20)32-34(29(26)33)30(3,4)5/h8-15,19,28H,16-18H2,1-7H3,(H,31,35)/t28-/m0/s1. The fourth-order valence-corrected chi connectivity index (χ4v) is 5.82. The maximum atomic E-state index is 13.8. The number of hydrogen-bond acceptors (Lipinski definition) is 6. The number of thioether (sulfide) groups is 1. The number of hydrogen-bond donors (Lipinski definition) is 1. The number of nitrogens with one attached hydrogen (secondary N) is 1. The smallest absolute Gasteiger partial charge is 0.240 e. The highest BCUT2D eigenvalue weighted by Crippen LogP contribution is 2.51. The highest BCUT2D eigenvalue weighted by Gasteiger charge is 2.40. The number of methoxy groups -OCH3 is 2. The molecule has 0 saturated carbocycles. The molecule has 0 fully saturated rings. The molecule has 1 aromatic heterocycles. The van der Waals surface area contributed by atoms with Gasteiger partial charge in [-0.25, -0.2) is 4.68 Å². The zero-order chi connectivity index (χ0) is 28.3. The van der Waals surface area contributed by atoms with Crippen LogP contribution in [0.4, 0.5) is 5.82 Å². The Hall–Kier alpha value is -3.46. The van der Waals surface area contributed by atoms with E-state index in [2.05, 4.69) is 26.1 Å². The molecule has 208 valence electrons. The lowest BCUT2D eigenvalue weighted by Gasteiger charge is -2.29. The molecule has 1 N–H and O–H groups in total. The fourth-order valence-electron chi connectivity index (χ4n) is 4.60. The Labute approximate surface area is 235 Å². The van der Waals surface area contributed by atoms with E-state index < -0.39 is 5.54 Å². The Bertz CT molecular complexity index is 1330. The van der Waals surface area contributed by atoms with Gasteiger partial charge in [0.05, 0.1) is 36.5 Å². The normalized spacial score (nSPS) is 15.6. The van der Waals surface area contributed by atoms with Crippen LogP contribution in [0.3, 0.4) is 0 Å². The molecule has 39 heavy (non-hydrogen) atoms. The van der Waals surface area contributed by atoms with Crippen molar-refractivity contribution < 1.29 is 19.1 Å². The largest absolute Gasteiger partial charge is 0.497 e. The average molecular weight is 551 g/mol. The van der Waals surface area contributed by atoms with Crippen molar-refractivity contribution in [2.24, 2.45) is 5.92 Å². The Morgan fingerprint density at radius 3 is 2.46 bits per heavy atom. The Morgan fingerprint density at radius 1 is 1.13 bits per heavy atom. The summed E-state index contributed by atoms with van der Waals surface area (Å²) in [6.45, 7) is 10.7. The number of benzene rings is 2. The molecule has 4 rings (SSSR count). The van der Waals surface area contributed by atoms with Gasteiger partial charge in [0, 0.05) is 23.2 Å². The Balaban J connectivity index is 2.00. The number of amides is 2. The molecule has 2 aromatic carbocycles. The van der Waals surface area contributed by atoms with Gasteiger partial charge < -0.3 is 14.8 Å². The maximum Gasteiger partial charge on any atom is 0.240 e. The van der Waals surface area contributed by atoms with Gasteiger partial charge in [-0.05, 0) is 44.9 Å². The number of nitrogens with zero attached hydrogens (tertiary/aromatic N) is 3. The van der Waals surface area contributed by atoms with Gasteiger partial charge in [-0.15, -0.1) is 11.8 Å². The summed E-state index contributed by atoms with van der Waals surface area (Å²) in [5, 5.41) is 7.79. The van der Waals surface area contributed by atoms with Crippen molar-refractivity contribution in [3.05, 3.63) is 59.7 Å². The lowest BCUT2D eigenvalue weighted by Crippen LogP contribution is -2.44. The van der Waals surface area contributed by atoms with E-state index in [1.54, 1.807) is 19.1 Å². The molecule has 8 nitrogen and oxygen atoms in total. The minimum absolute atomic E-state index is 0.0862. The third kappa shape index (κ3) is 6.08. The SMILES string of the molecule is COc1ccc(OC)c([C@@H]2SCC(=O)N(CC(=O)NCC(C)C)c3c2c(-c2ccccc2)nn3C(C)(C)C)c1. The van der Waals surface area contributed by atoms with E-state index >= 15 is 0 Å². The average Bonchev–Trinajstić information content (AvgIpc) is 3.25. The summed E-state index contributed by atoms with van der Waals surface area (Å²) in [5.41, 5.74) is 2.98. The molecule has 1 aliphatic rings. The van der Waals surface area contributed by atoms with E-state index in [9.17, 15) is 9.59 Å². The Morgan fingerprint density at radius 2 is 1.85 bits per heavy atom. The molecule has 1 aliphatic heterocycles. The number of rotatable bonds is 8. The zero-order valence-corrected chi connectivity index (χ0v) is 24.6. The fraction of sp³-hybridized carbons (Fsp3) is 0.433. The van der Waals surface area contributed by atoms with Crippen LogP contribution in [0.5, 0.6) is 11.5 Å². The van der Waals surface area contributed by atoms with Crippen LogP contribution >= 0.6 is 11.8 Å². The monoisotopic (exact) mass is 550 g/mol. The summed E-state index contributed by atoms with van der Waals surface area (Å²) in [6, 6.07) is 15.7. The number of fused-ring (bicyclic) bond motifs is 1. The highest BCUT2D eigenvalue weighted by atomic mass is 32.2. The van der Waals surface area contributed by atoms with Gasteiger partial charge in [0.15, 0.2) is 0 Å².